The maximum Gasteiger partial charge on any atom is 0.178 e. The minimum Gasteiger partial charge on any atom is -0.367 e. The van der Waals surface area contributed by atoms with Crippen LogP contribution in [0.3, 0.4) is 0 Å². The number of nitrogens with one attached hydrogen (secondary N) is 1. The van der Waals surface area contributed by atoms with Gasteiger partial charge in [0, 0.05) is 18.7 Å². The van der Waals surface area contributed by atoms with Gasteiger partial charge in [-0.2, -0.15) is 4.52 Å². The number of rotatable bonds is 5. The molecule has 20 heavy (non-hydrogen) atoms. The van der Waals surface area contributed by atoms with Crippen LogP contribution in [0, 0.1) is 0 Å². The fourth-order valence-corrected chi connectivity index (χ4v) is 2.15. The fraction of sp³-hybridized carbons (Fsp3) is 0.417. The third-order valence-corrected chi connectivity index (χ3v) is 3.35. The predicted molar refractivity (Wildman–Crippen MR) is 71.3 cm³/mol. The molecule has 0 aromatic carbocycles. The molecule has 102 valence electrons. The molecule has 8 heteroatoms. The van der Waals surface area contributed by atoms with E-state index >= 15 is 0 Å². The van der Waals surface area contributed by atoms with Gasteiger partial charge >= 0.3 is 0 Å². The van der Waals surface area contributed by atoms with Crippen LogP contribution in [0.5, 0.6) is 0 Å². The van der Waals surface area contributed by atoms with Crippen LogP contribution < -0.4 is 5.32 Å². The Morgan fingerprint density at radius 1 is 1.25 bits per heavy atom. The summed E-state index contributed by atoms with van der Waals surface area (Å²) in [6.07, 6.45) is 5.88. The second kappa shape index (κ2) is 4.55. The molecule has 1 N–H and O–H groups in total. The average molecular weight is 270 g/mol. The highest BCUT2D eigenvalue weighted by Crippen LogP contribution is 2.38. The molecule has 8 nitrogen and oxygen atoms in total. The summed E-state index contributed by atoms with van der Waals surface area (Å²) in [7, 11) is 0. The van der Waals surface area contributed by atoms with E-state index in [1.807, 2.05) is 22.8 Å². The zero-order valence-corrected chi connectivity index (χ0v) is 10.8. The fourth-order valence-electron chi connectivity index (χ4n) is 2.15. The lowest BCUT2D eigenvalue weighted by Gasteiger charge is -2.06. The summed E-state index contributed by atoms with van der Waals surface area (Å²) in [5, 5.41) is 23.9. The molecule has 0 unspecified atom stereocenters. The van der Waals surface area contributed by atoms with Gasteiger partial charge in [-0.05, 0) is 25.0 Å². The van der Waals surface area contributed by atoms with Crippen molar-refractivity contribution in [2.45, 2.75) is 25.3 Å². The van der Waals surface area contributed by atoms with E-state index in [0.29, 0.717) is 5.92 Å². The maximum atomic E-state index is 4.55. The van der Waals surface area contributed by atoms with Crippen LogP contribution in [0.15, 0.2) is 24.5 Å². The highest BCUT2D eigenvalue weighted by Gasteiger charge is 2.29. The van der Waals surface area contributed by atoms with Gasteiger partial charge in [0.15, 0.2) is 11.5 Å². The van der Waals surface area contributed by atoms with Crippen LogP contribution in [0.1, 0.15) is 24.6 Å². The van der Waals surface area contributed by atoms with Gasteiger partial charge in [-0.3, -0.25) is 4.68 Å². The second-order valence-electron chi connectivity index (χ2n) is 4.91. The molecule has 1 fully saturated rings. The zero-order chi connectivity index (χ0) is 13.4. The van der Waals surface area contributed by atoms with Crippen molar-refractivity contribution in [3.63, 3.8) is 0 Å². The van der Waals surface area contributed by atoms with Gasteiger partial charge < -0.3 is 5.32 Å². The van der Waals surface area contributed by atoms with Crippen molar-refractivity contribution in [2.75, 3.05) is 11.9 Å². The Balaban J connectivity index is 1.50. The molecule has 0 atom stereocenters. The Bertz CT molecular complexity index is 712. The second-order valence-corrected chi connectivity index (χ2v) is 4.91. The Kier molecular flexibility index (Phi) is 2.58. The van der Waals surface area contributed by atoms with Crippen molar-refractivity contribution in [3.05, 3.63) is 30.4 Å². The first kappa shape index (κ1) is 11.3. The topological polar surface area (TPSA) is 85.8 Å². The molecule has 0 spiro atoms. The van der Waals surface area contributed by atoms with Crippen LogP contribution in [-0.4, -0.2) is 41.4 Å². The van der Waals surface area contributed by atoms with E-state index in [9.17, 15) is 0 Å². The van der Waals surface area contributed by atoms with Gasteiger partial charge in [0.2, 0.25) is 0 Å². The number of hydrogen-bond donors (Lipinski definition) is 1. The Labute approximate surface area is 114 Å². The van der Waals surface area contributed by atoms with E-state index in [0.717, 1.165) is 30.4 Å². The van der Waals surface area contributed by atoms with Crippen LogP contribution in [-0.2, 0) is 6.54 Å². The quantitative estimate of drug-likeness (QED) is 0.734. The number of hydrogen-bond acceptors (Lipinski definition) is 6. The van der Waals surface area contributed by atoms with Crippen molar-refractivity contribution in [3.8, 4) is 0 Å². The highest BCUT2D eigenvalue weighted by molar-refractivity contribution is 5.44. The lowest BCUT2D eigenvalue weighted by Crippen LogP contribution is -2.13. The van der Waals surface area contributed by atoms with Gasteiger partial charge in [-0.1, -0.05) is 5.21 Å². The van der Waals surface area contributed by atoms with Crippen molar-refractivity contribution < 1.29 is 0 Å². The summed E-state index contributed by atoms with van der Waals surface area (Å²) in [4.78, 5) is 0. The first-order chi connectivity index (χ1) is 9.90. The molecule has 4 rings (SSSR count). The molecule has 1 saturated carbocycles. The first-order valence-electron chi connectivity index (χ1n) is 6.70. The molecule has 0 aliphatic heterocycles. The largest absolute Gasteiger partial charge is 0.367 e. The summed E-state index contributed by atoms with van der Waals surface area (Å²) in [5.41, 5.74) is 0.800. The lowest BCUT2D eigenvalue weighted by molar-refractivity contribution is 0.607. The van der Waals surface area contributed by atoms with Gasteiger partial charge in [0.05, 0.1) is 12.7 Å². The molecule has 0 saturated heterocycles. The molecular formula is C12H14N8. The van der Waals surface area contributed by atoms with Gasteiger partial charge in [-0.15, -0.1) is 20.4 Å². The smallest absolute Gasteiger partial charge is 0.178 e. The van der Waals surface area contributed by atoms with Crippen LogP contribution >= 0.6 is 0 Å². The van der Waals surface area contributed by atoms with Crippen molar-refractivity contribution in [1.29, 1.82) is 0 Å². The van der Waals surface area contributed by atoms with E-state index in [1.165, 1.54) is 12.8 Å². The Hall–Kier alpha value is -2.51. The summed E-state index contributed by atoms with van der Waals surface area (Å²) >= 11 is 0. The van der Waals surface area contributed by atoms with E-state index in [1.54, 1.807) is 10.9 Å². The van der Waals surface area contributed by atoms with E-state index < -0.39 is 0 Å². The number of anilines is 1. The number of nitrogens with zero attached hydrogens (tertiary/aromatic N) is 7. The average Bonchev–Trinajstić information content (AvgIpc) is 3.02. The molecule has 0 bridgehead atoms. The summed E-state index contributed by atoms with van der Waals surface area (Å²) in [5.74, 6) is 2.32. The predicted octanol–water partition coefficient (Wildman–Crippen LogP) is 0.705. The van der Waals surface area contributed by atoms with Gasteiger partial charge in [0.1, 0.15) is 5.82 Å². The van der Waals surface area contributed by atoms with Crippen LogP contribution in [0.2, 0.25) is 0 Å². The molecule has 3 aromatic rings. The number of aromatic nitrogens is 7. The molecule has 3 heterocycles. The van der Waals surface area contributed by atoms with Crippen molar-refractivity contribution in [1.82, 2.24) is 34.8 Å². The third kappa shape index (κ3) is 2.09. The van der Waals surface area contributed by atoms with Crippen molar-refractivity contribution in [2.24, 2.45) is 0 Å². The Morgan fingerprint density at radius 3 is 3.00 bits per heavy atom. The molecule has 0 amide bonds. The maximum absolute atomic E-state index is 4.55. The lowest BCUT2D eigenvalue weighted by atomic mass is 10.4. The molecule has 0 radical (unpaired) electrons. The molecular weight excluding hydrogens is 256 g/mol. The molecule has 1 aliphatic rings. The van der Waals surface area contributed by atoms with Gasteiger partial charge in [-0.25, -0.2) is 0 Å². The van der Waals surface area contributed by atoms with E-state index in [4.69, 9.17) is 0 Å². The Morgan fingerprint density at radius 2 is 2.20 bits per heavy atom. The standard InChI is InChI=1S/C12H14N8/c1-2-9(1)12-16-15-11-4-3-10(17-20(11)12)13-5-7-19-8-6-14-18-19/h3-4,6,8-9H,1-2,5,7H2,(H,13,17). The number of fused-ring (bicyclic) bond motifs is 1. The summed E-state index contributed by atoms with van der Waals surface area (Å²) in [6.45, 7) is 1.49. The van der Waals surface area contributed by atoms with E-state index in [-0.39, 0.29) is 0 Å². The minimum absolute atomic E-state index is 0.530. The van der Waals surface area contributed by atoms with Crippen molar-refractivity contribution >= 4 is 11.5 Å². The molecule has 1 aliphatic carbocycles. The van der Waals surface area contributed by atoms with Crippen LogP contribution in [0.25, 0.3) is 5.65 Å². The SMILES string of the molecule is c1cn(CCNc2ccc3nnc(C4CC4)n3n2)nn1. The summed E-state index contributed by atoms with van der Waals surface area (Å²) < 4.78 is 3.62. The minimum atomic E-state index is 0.530. The summed E-state index contributed by atoms with van der Waals surface area (Å²) in [6, 6.07) is 3.85. The molecule has 3 aromatic heterocycles. The third-order valence-electron chi connectivity index (χ3n) is 3.35. The first-order valence-corrected chi connectivity index (χ1v) is 6.70. The normalized spacial score (nSPS) is 14.8. The highest BCUT2D eigenvalue weighted by atomic mass is 15.4. The monoisotopic (exact) mass is 270 g/mol. The van der Waals surface area contributed by atoms with E-state index in [2.05, 4.69) is 30.9 Å². The zero-order valence-electron chi connectivity index (χ0n) is 10.8. The van der Waals surface area contributed by atoms with Crippen LogP contribution in [0.4, 0.5) is 5.82 Å². The van der Waals surface area contributed by atoms with Gasteiger partial charge in [0.25, 0.3) is 0 Å².